The van der Waals surface area contributed by atoms with Crippen molar-refractivity contribution in [1.82, 2.24) is 10.3 Å². The van der Waals surface area contributed by atoms with Crippen LogP contribution >= 0.6 is 11.3 Å². The van der Waals surface area contributed by atoms with E-state index in [1.165, 1.54) is 23.5 Å². The molecule has 0 aliphatic rings. The van der Waals surface area contributed by atoms with Crippen LogP contribution in [0.2, 0.25) is 0 Å². The van der Waals surface area contributed by atoms with Gasteiger partial charge < -0.3 is 5.32 Å². The SMILES string of the molecule is CCCNC(=O)CCc1csc(NS(=O)(=O)c2ccccc2)n1. The van der Waals surface area contributed by atoms with Gasteiger partial charge in [-0.15, -0.1) is 11.3 Å². The van der Waals surface area contributed by atoms with Crippen LogP contribution in [0.4, 0.5) is 5.13 Å². The van der Waals surface area contributed by atoms with Gasteiger partial charge in [-0.25, -0.2) is 13.4 Å². The molecule has 6 nitrogen and oxygen atoms in total. The maximum atomic E-state index is 12.2. The van der Waals surface area contributed by atoms with Gasteiger partial charge in [0.15, 0.2) is 5.13 Å². The van der Waals surface area contributed by atoms with Gasteiger partial charge in [-0.1, -0.05) is 25.1 Å². The van der Waals surface area contributed by atoms with Gasteiger partial charge in [0.2, 0.25) is 5.91 Å². The van der Waals surface area contributed by atoms with E-state index in [9.17, 15) is 13.2 Å². The van der Waals surface area contributed by atoms with Crippen molar-refractivity contribution in [1.29, 1.82) is 0 Å². The number of anilines is 1. The molecule has 1 amide bonds. The van der Waals surface area contributed by atoms with Crippen molar-refractivity contribution >= 4 is 32.4 Å². The number of hydrogen-bond donors (Lipinski definition) is 2. The molecule has 0 atom stereocenters. The summed E-state index contributed by atoms with van der Waals surface area (Å²) in [6, 6.07) is 8.13. The molecule has 0 aliphatic carbocycles. The number of nitrogens with zero attached hydrogens (tertiary/aromatic N) is 1. The van der Waals surface area contributed by atoms with Crippen LogP contribution < -0.4 is 10.0 Å². The van der Waals surface area contributed by atoms with Gasteiger partial charge in [0.1, 0.15) is 0 Å². The first-order valence-electron chi connectivity index (χ1n) is 7.30. The summed E-state index contributed by atoms with van der Waals surface area (Å²) in [6.45, 7) is 2.66. The molecule has 0 fully saturated rings. The third kappa shape index (κ3) is 5.33. The fraction of sp³-hybridized carbons (Fsp3) is 0.333. The third-order valence-electron chi connectivity index (χ3n) is 3.01. The Morgan fingerprint density at radius 2 is 2.00 bits per heavy atom. The lowest BCUT2D eigenvalue weighted by Gasteiger charge is -2.04. The van der Waals surface area contributed by atoms with Gasteiger partial charge in [0.25, 0.3) is 10.0 Å². The Kier molecular flexibility index (Phi) is 6.12. The Bertz CT molecular complexity index is 742. The normalized spacial score (nSPS) is 11.2. The standard InChI is InChI=1S/C15H19N3O3S2/c1-2-10-16-14(19)9-8-12-11-22-15(17-12)18-23(20,21)13-6-4-3-5-7-13/h3-7,11H,2,8-10H2,1H3,(H,16,19)(H,17,18). The number of aromatic nitrogens is 1. The third-order valence-corrected chi connectivity index (χ3v) is 5.30. The number of benzene rings is 1. The summed E-state index contributed by atoms with van der Waals surface area (Å²) in [5.41, 5.74) is 0.701. The summed E-state index contributed by atoms with van der Waals surface area (Å²) in [6.07, 6.45) is 1.72. The summed E-state index contributed by atoms with van der Waals surface area (Å²) in [7, 11) is -3.62. The molecule has 0 saturated heterocycles. The van der Waals surface area contributed by atoms with Crippen LogP contribution in [-0.2, 0) is 21.2 Å². The number of rotatable bonds is 8. The molecule has 1 aromatic heterocycles. The van der Waals surface area contributed by atoms with E-state index < -0.39 is 10.0 Å². The van der Waals surface area contributed by atoms with E-state index in [1.54, 1.807) is 23.6 Å². The number of hydrogen-bond acceptors (Lipinski definition) is 5. The monoisotopic (exact) mass is 353 g/mol. The number of nitrogens with one attached hydrogen (secondary N) is 2. The molecule has 2 aromatic rings. The molecule has 0 aliphatic heterocycles. The van der Waals surface area contributed by atoms with Crippen LogP contribution in [0.1, 0.15) is 25.5 Å². The Balaban J connectivity index is 1.93. The van der Waals surface area contributed by atoms with E-state index in [1.807, 2.05) is 6.92 Å². The predicted octanol–water partition coefficient (Wildman–Crippen LogP) is 2.40. The zero-order valence-corrected chi connectivity index (χ0v) is 14.4. The van der Waals surface area contributed by atoms with Crippen molar-refractivity contribution in [2.75, 3.05) is 11.3 Å². The Hall–Kier alpha value is -1.93. The fourth-order valence-electron chi connectivity index (χ4n) is 1.84. The molecule has 1 heterocycles. The molecular formula is C15H19N3O3S2. The Labute approximate surface area is 140 Å². The summed E-state index contributed by atoms with van der Waals surface area (Å²) in [4.78, 5) is 16.0. The van der Waals surface area contributed by atoms with Crippen LogP contribution in [0, 0.1) is 0 Å². The van der Waals surface area contributed by atoms with Gasteiger partial charge in [0, 0.05) is 18.3 Å². The Morgan fingerprint density at radius 3 is 2.70 bits per heavy atom. The number of carbonyl (C=O) groups excluding carboxylic acids is 1. The van der Waals surface area contributed by atoms with Crippen LogP contribution in [-0.4, -0.2) is 25.9 Å². The Morgan fingerprint density at radius 1 is 1.26 bits per heavy atom. The molecule has 124 valence electrons. The molecule has 23 heavy (non-hydrogen) atoms. The largest absolute Gasteiger partial charge is 0.356 e. The van der Waals surface area contributed by atoms with Crippen LogP contribution in [0.5, 0.6) is 0 Å². The smallest absolute Gasteiger partial charge is 0.263 e. The van der Waals surface area contributed by atoms with Gasteiger partial charge in [0.05, 0.1) is 10.6 Å². The average molecular weight is 353 g/mol. The van der Waals surface area contributed by atoms with Gasteiger partial charge >= 0.3 is 0 Å². The average Bonchev–Trinajstić information content (AvgIpc) is 2.98. The molecule has 1 aromatic carbocycles. The topological polar surface area (TPSA) is 88.2 Å². The van der Waals surface area contributed by atoms with E-state index in [0.717, 1.165) is 6.42 Å². The molecule has 0 unspecified atom stereocenters. The molecule has 0 saturated carbocycles. The lowest BCUT2D eigenvalue weighted by molar-refractivity contribution is -0.121. The quantitative estimate of drug-likeness (QED) is 0.763. The molecular weight excluding hydrogens is 334 g/mol. The molecule has 0 spiro atoms. The molecule has 8 heteroatoms. The molecule has 2 rings (SSSR count). The first kappa shape index (κ1) is 17.4. The molecule has 2 N–H and O–H groups in total. The fourth-order valence-corrected chi connectivity index (χ4v) is 3.86. The highest BCUT2D eigenvalue weighted by atomic mass is 32.2. The van der Waals surface area contributed by atoms with E-state index in [0.29, 0.717) is 30.2 Å². The molecule has 0 radical (unpaired) electrons. The van der Waals surface area contributed by atoms with Gasteiger partial charge in [-0.2, -0.15) is 0 Å². The second-order valence-electron chi connectivity index (χ2n) is 4.91. The van der Waals surface area contributed by atoms with Crippen LogP contribution in [0.25, 0.3) is 0 Å². The minimum atomic E-state index is -3.62. The number of aryl methyl sites for hydroxylation is 1. The van der Waals surface area contributed by atoms with Crippen molar-refractivity contribution in [3.63, 3.8) is 0 Å². The van der Waals surface area contributed by atoms with Crippen molar-refractivity contribution in [3.05, 3.63) is 41.4 Å². The zero-order valence-electron chi connectivity index (χ0n) is 12.8. The summed E-state index contributed by atoms with van der Waals surface area (Å²) < 4.78 is 26.8. The number of carbonyl (C=O) groups is 1. The van der Waals surface area contributed by atoms with Crippen LogP contribution in [0.3, 0.4) is 0 Å². The highest BCUT2D eigenvalue weighted by molar-refractivity contribution is 7.93. The van der Waals surface area contributed by atoms with Gasteiger partial charge in [-0.05, 0) is 25.0 Å². The highest BCUT2D eigenvalue weighted by Gasteiger charge is 2.15. The first-order chi connectivity index (χ1) is 11.0. The van der Waals surface area contributed by atoms with Crippen LogP contribution in [0.15, 0.2) is 40.6 Å². The number of amides is 1. The van der Waals surface area contributed by atoms with E-state index >= 15 is 0 Å². The highest BCUT2D eigenvalue weighted by Crippen LogP contribution is 2.20. The van der Waals surface area contributed by atoms with Crippen molar-refractivity contribution < 1.29 is 13.2 Å². The lowest BCUT2D eigenvalue weighted by Crippen LogP contribution is -2.24. The molecule has 0 bridgehead atoms. The first-order valence-corrected chi connectivity index (χ1v) is 9.66. The second-order valence-corrected chi connectivity index (χ2v) is 7.45. The maximum Gasteiger partial charge on any atom is 0.263 e. The van der Waals surface area contributed by atoms with Crippen molar-refractivity contribution in [3.8, 4) is 0 Å². The van der Waals surface area contributed by atoms with E-state index in [-0.39, 0.29) is 10.8 Å². The van der Waals surface area contributed by atoms with Gasteiger partial charge in [-0.3, -0.25) is 9.52 Å². The summed E-state index contributed by atoms with van der Waals surface area (Å²) in [5.74, 6) is -0.0220. The maximum absolute atomic E-state index is 12.2. The predicted molar refractivity (Wildman–Crippen MR) is 91.0 cm³/mol. The van der Waals surface area contributed by atoms with E-state index in [2.05, 4.69) is 15.0 Å². The van der Waals surface area contributed by atoms with E-state index in [4.69, 9.17) is 0 Å². The minimum absolute atomic E-state index is 0.0220. The minimum Gasteiger partial charge on any atom is -0.356 e. The number of thiazole rings is 1. The summed E-state index contributed by atoms with van der Waals surface area (Å²) in [5, 5.41) is 4.86. The van der Waals surface area contributed by atoms with Crippen molar-refractivity contribution in [2.24, 2.45) is 0 Å². The number of sulfonamides is 1. The lowest BCUT2D eigenvalue weighted by atomic mass is 10.2. The van der Waals surface area contributed by atoms with Crippen molar-refractivity contribution in [2.45, 2.75) is 31.1 Å². The summed E-state index contributed by atoms with van der Waals surface area (Å²) >= 11 is 1.21. The zero-order chi connectivity index (χ0) is 16.7. The second kappa shape index (κ2) is 8.07.